The van der Waals surface area contributed by atoms with Crippen LogP contribution in [0.4, 0.5) is 0 Å². The molecule has 6 nitrogen and oxygen atoms in total. The van der Waals surface area contributed by atoms with E-state index in [-0.39, 0.29) is 40.9 Å². The van der Waals surface area contributed by atoms with Crippen LogP contribution in [0.2, 0.25) is 0 Å². The first-order valence-electron chi connectivity index (χ1n) is 13.7. The molecule has 0 aromatic rings. The summed E-state index contributed by atoms with van der Waals surface area (Å²) in [5.41, 5.74) is -0.162. The van der Waals surface area contributed by atoms with Crippen LogP contribution in [0.15, 0.2) is 0 Å². The Bertz CT molecular complexity index is 768. The number of aliphatic hydroxyl groups excluding tert-OH is 2. The van der Waals surface area contributed by atoms with Gasteiger partial charge in [-0.05, 0) is 105 Å². The van der Waals surface area contributed by atoms with Crippen molar-refractivity contribution in [3.8, 4) is 0 Å². The monoisotopic (exact) mass is 478 g/mol. The van der Waals surface area contributed by atoms with E-state index in [4.69, 9.17) is 9.47 Å². The molecule has 0 aromatic heterocycles. The highest BCUT2D eigenvalue weighted by atomic mass is 16.5. The molecule has 0 aliphatic heterocycles. The zero-order chi connectivity index (χ0) is 24.8. The molecule has 2 N–H and O–H groups in total. The summed E-state index contributed by atoms with van der Waals surface area (Å²) in [6.45, 7) is 10.6. The molecule has 4 aliphatic rings. The van der Waals surface area contributed by atoms with Gasteiger partial charge in [-0.15, -0.1) is 0 Å². The van der Waals surface area contributed by atoms with Crippen LogP contribution in [0.5, 0.6) is 0 Å². The van der Waals surface area contributed by atoms with Gasteiger partial charge in [0.05, 0.1) is 18.8 Å². The number of fused-ring (bicyclic) bond motifs is 5. The molecule has 4 fully saturated rings. The number of ether oxygens (including phenoxy) is 2. The first-order chi connectivity index (χ1) is 16.0. The summed E-state index contributed by atoms with van der Waals surface area (Å²) in [6.07, 6.45) is 6.67. The topological polar surface area (TPSA) is 93.1 Å². The summed E-state index contributed by atoms with van der Waals surface area (Å²) in [5, 5.41) is 23.2. The van der Waals surface area contributed by atoms with E-state index in [0.717, 1.165) is 51.4 Å². The summed E-state index contributed by atoms with van der Waals surface area (Å²) in [4.78, 5) is 23.5. The minimum Gasteiger partial charge on any atom is -0.466 e. The van der Waals surface area contributed by atoms with Crippen molar-refractivity contribution < 1.29 is 29.3 Å². The first-order valence-corrected chi connectivity index (χ1v) is 13.7. The molecule has 0 aromatic carbocycles. The number of carbonyl (C=O) groups excluding carboxylic acids is 2. The van der Waals surface area contributed by atoms with E-state index in [1.54, 1.807) is 0 Å². The molecule has 0 amide bonds. The third-order valence-electron chi connectivity index (χ3n) is 10.9. The van der Waals surface area contributed by atoms with E-state index < -0.39 is 6.10 Å². The van der Waals surface area contributed by atoms with Crippen LogP contribution < -0.4 is 0 Å². The Morgan fingerprint density at radius 2 is 1.79 bits per heavy atom. The highest BCUT2D eigenvalue weighted by Crippen LogP contribution is 2.68. The van der Waals surface area contributed by atoms with Gasteiger partial charge in [0.25, 0.3) is 0 Å². The van der Waals surface area contributed by atoms with Crippen LogP contribution in [0.3, 0.4) is 0 Å². The molecule has 194 valence electrons. The predicted octanol–water partition coefficient (Wildman–Crippen LogP) is 4.50. The Morgan fingerprint density at radius 3 is 2.47 bits per heavy atom. The average Bonchev–Trinajstić information content (AvgIpc) is 3.12. The number of hydrogen-bond donors (Lipinski definition) is 2. The average molecular weight is 479 g/mol. The Labute approximate surface area is 205 Å². The Kier molecular flexibility index (Phi) is 7.42. The molecule has 34 heavy (non-hydrogen) atoms. The Hall–Kier alpha value is -1.14. The number of rotatable bonds is 6. The molecule has 11 atom stereocenters. The second-order valence-electron chi connectivity index (χ2n) is 12.4. The summed E-state index contributed by atoms with van der Waals surface area (Å²) in [6, 6.07) is 0. The molecule has 4 aliphatic carbocycles. The minimum atomic E-state index is -0.398. The summed E-state index contributed by atoms with van der Waals surface area (Å²) >= 11 is 0. The van der Waals surface area contributed by atoms with E-state index in [1.807, 2.05) is 6.92 Å². The van der Waals surface area contributed by atoms with E-state index in [9.17, 15) is 19.8 Å². The molecule has 0 saturated heterocycles. The number of hydrogen-bond acceptors (Lipinski definition) is 6. The predicted molar refractivity (Wildman–Crippen MR) is 129 cm³/mol. The number of carbonyl (C=O) groups is 2. The van der Waals surface area contributed by atoms with E-state index in [0.29, 0.717) is 42.6 Å². The van der Waals surface area contributed by atoms with E-state index >= 15 is 0 Å². The molecular weight excluding hydrogens is 432 g/mol. The standard InChI is InChI=1S/C28H46O6/c1-6-33-25(32)10-7-16(2)20-8-9-21-26-22(15-24(31)28(20,21)5)27(4)12-11-19(34-17(3)29)13-18(27)14-23(26)30/h16,18-24,26,30-31H,6-15H2,1-5H3/t16-,18+,19-,20-,21+,22?,23?,24+,26?,27+,28-/m1/s1. The normalized spacial score (nSPS) is 46.6. The minimum absolute atomic E-state index is 0.0470. The van der Waals surface area contributed by atoms with Crippen molar-refractivity contribution in [1.29, 1.82) is 0 Å². The van der Waals surface area contributed by atoms with Crippen LogP contribution in [-0.4, -0.2) is 47.1 Å². The SMILES string of the molecule is CCOC(=O)CC[C@@H](C)[C@H]1CC[C@H]2C3C(O)C[C@@H]4C[C@H](OC(C)=O)CC[C@]4(C)C3C[C@H](O)[C@]12C. The Morgan fingerprint density at radius 1 is 1.06 bits per heavy atom. The third kappa shape index (κ3) is 4.31. The van der Waals surface area contributed by atoms with Gasteiger partial charge in [0.2, 0.25) is 0 Å². The van der Waals surface area contributed by atoms with Crippen LogP contribution in [0.1, 0.15) is 92.4 Å². The van der Waals surface area contributed by atoms with E-state index in [1.165, 1.54) is 6.92 Å². The molecule has 3 unspecified atom stereocenters. The number of aliphatic hydroxyl groups is 2. The van der Waals surface area contributed by atoms with Crippen molar-refractivity contribution >= 4 is 11.9 Å². The van der Waals surface area contributed by atoms with Gasteiger partial charge in [-0.1, -0.05) is 20.8 Å². The van der Waals surface area contributed by atoms with Gasteiger partial charge in [-0.3, -0.25) is 9.59 Å². The molecule has 4 saturated carbocycles. The smallest absolute Gasteiger partial charge is 0.305 e. The summed E-state index contributed by atoms with van der Waals surface area (Å²) < 4.78 is 10.7. The van der Waals surface area contributed by atoms with Crippen molar-refractivity contribution in [2.45, 2.75) is 111 Å². The summed E-state index contributed by atoms with van der Waals surface area (Å²) in [7, 11) is 0. The lowest BCUT2D eigenvalue weighted by atomic mass is 9.43. The van der Waals surface area contributed by atoms with Gasteiger partial charge >= 0.3 is 11.9 Å². The van der Waals surface area contributed by atoms with Gasteiger partial charge in [-0.25, -0.2) is 0 Å². The van der Waals surface area contributed by atoms with Gasteiger partial charge in [-0.2, -0.15) is 0 Å². The van der Waals surface area contributed by atoms with Crippen molar-refractivity contribution in [3.05, 3.63) is 0 Å². The molecule has 0 spiro atoms. The summed E-state index contributed by atoms with van der Waals surface area (Å²) in [5.74, 6) is 1.44. The van der Waals surface area contributed by atoms with Crippen molar-refractivity contribution in [1.82, 2.24) is 0 Å². The van der Waals surface area contributed by atoms with Gasteiger partial charge in [0.15, 0.2) is 0 Å². The zero-order valence-corrected chi connectivity index (χ0v) is 21.8. The Balaban J connectivity index is 1.52. The third-order valence-corrected chi connectivity index (χ3v) is 10.9. The van der Waals surface area contributed by atoms with Crippen LogP contribution >= 0.6 is 0 Å². The highest BCUT2D eigenvalue weighted by molar-refractivity contribution is 5.69. The number of esters is 2. The zero-order valence-electron chi connectivity index (χ0n) is 21.8. The van der Waals surface area contributed by atoms with Crippen molar-refractivity contribution in [3.63, 3.8) is 0 Å². The first kappa shape index (κ1) is 25.9. The highest BCUT2D eigenvalue weighted by Gasteiger charge is 2.65. The lowest BCUT2D eigenvalue weighted by molar-refractivity contribution is -0.209. The second-order valence-corrected chi connectivity index (χ2v) is 12.4. The van der Waals surface area contributed by atoms with Gasteiger partial charge in [0.1, 0.15) is 6.10 Å². The lowest BCUT2D eigenvalue weighted by Gasteiger charge is -2.63. The molecule has 0 bridgehead atoms. The fourth-order valence-corrected chi connectivity index (χ4v) is 9.24. The van der Waals surface area contributed by atoms with Crippen molar-refractivity contribution in [2.24, 2.45) is 46.3 Å². The molecule has 0 heterocycles. The molecule has 6 heteroatoms. The van der Waals surface area contributed by atoms with Gasteiger partial charge < -0.3 is 19.7 Å². The van der Waals surface area contributed by atoms with Crippen LogP contribution in [0, 0.1) is 46.3 Å². The molecule has 0 radical (unpaired) electrons. The van der Waals surface area contributed by atoms with Crippen LogP contribution in [-0.2, 0) is 19.1 Å². The maximum absolute atomic E-state index is 11.9. The molecular formula is C28H46O6. The van der Waals surface area contributed by atoms with Crippen molar-refractivity contribution in [2.75, 3.05) is 6.61 Å². The molecule has 4 rings (SSSR count). The maximum Gasteiger partial charge on any atom is 0.305 e. The lowest BCUT2D eigenvalue weighted by Crippen LogP contribution is -2.62. The fourth-order valence-electron chi connectivity index (χ4n) is 9.24. The maximum atomic E-state index is 11.9. The van der Waals surface area contributed by atoms with Gasteiger partial charge in [0, 0.05) is 13.3 Å². The fraction of sp³-hybridized carbons (Fsp3) is 0.929. The van der Waals surface area contributed by atoms with Crippen LogP contribution in [0.25, 0.3) is 0 Å². The largest absolute Gasteiger partial charge is 0.466 e. The second kappa shape index (κ2) is 9.72. The van der Waals surface area contributed by atoms with E-state index in [2.05, 4.69) is 20.8 Å². The quantitative estimate of drug-likeness (QED) is 0.546.